The molecule has 0 saturated heterocycles. The molecule has 1 rings (SSSR count). The number of hydrogen-bond donors (Lipinski definition) is 2. The van der Waals surface area contributed by atoms with Gasteiger partial charge in [-0.05, 0) is 24.6 Å². The fourth-order valence-electron chi connectivity index (χ4n) is 0.881. The van der Waals surface area contributed by atoms with Gasteiger partial charge in [0, 0.05) is 4.47 Å². The van der Waals surface area contributed by atoms with E-state index in [1.807, 2.05) is 24.3 Å². The molecule has 0 aliphatic rings. The van der Waals surface area contributed by atoms with E-state index in [2.05, 4.69) is 21.4 Å². The molecule has 0 aliphatic carbocycles. The van der Waals surface area contributed by atoms with Crippen molar-refractivity contribution in [2.75, 3.05) is 0 Å². The highest BCUT2D eigenvalue weighted by Gasteiger charge is 2.09. The summed E-state index contributed by atoms with van der Waals surface area (Å²) in [6, 6.07) is 6.90. The minimum atomic E-state index is -0.939. The molecule has 15 heavy (non-hydrogen) atoms. The van der Waals surface area contributed by atoms with Crippen molar-refractivity contribution in [1.82, 2.24) is 5.48 Å². The third-order valence-electron chi connectivity index (χ3n) is 1.78. The maximum Gasteiger partial charge on any atom is 0.322 e. The molecule has 4 nitrogen and oxygen atoms in total. The van der Waals surface area contributed by atoms with Crippen LogP contribution in [-0.4, -0.2) is 17.1 Å². The number of benzene rings is 1. The van der Waals surface area contributed by atoms with Crippen LogP contribution in [0, 0.1) is 0 Å². The first-order chi connectivity index (χ1) is 7.09. The van der Waals surface area contributed by atoms with Crippen LogP contribution in [0.3, 0.4) is 0 Å². The topological polar surface area (TPSA) is 58.6 Å². The number of rotatable bonds is 5. The van der Waals surface area contributed by atoms with Gasteiger partial charge >= 0.3 is 5.97 Å². The van der Waals surface area contributed by atoms with E-state index in [4.69, 9.17) is 9.94 Å². The monoisotopic (exact) mass is 273 g/mol. The highest BCUT2D eigenvalue weighted by atomic mass is 79.9. The first-order valence-corrected chi connectivity index (χ1v) is 5.23. The van der Waals surface area contributed by atoms with E-state index in [1.54, 1.807) is 0 Å². The van der Waals surface area contributed by atoms with Crippen molar-refractivity contribution in [2.45, 2.75) is 19.6 Å². The lowest BCUT2D eigenvalue weighted by Gasteiger charge is -2.09. The van der Waals surface area contributed by atoms with Crippen LogP contribution in [-0.2, 0) is 16.2 Å². The predicted octanol–water partition coefficient (Wildman–Crippen LogP) is 1.94. The van der Waals surface area contributed by atoms with Crippen molar-refractivity contribution in [3.63, 3.8) is 0 Å². The minimum Gasteiger partial charge on any atom is -0.480 e. The highest BCUT2D eigenvalue weighted by Crippen LogP contribution is 2.10. The molecule has 0 unspecified atom stereocenters. The summed E-state index contributed by atoms with van der Waals surface area (Å²) < 4.78 is 0.998. The Kier molecular flexibility index (Phi) is 4.74. The van der Waals surface area contributed by atoms with Gasteiger partial charge in [0.15, 0.2) is 0 Å². The van der Waals surface area contributed by atoms with Crippen molar-refractivity contribution < 1.29 is 14.7 Å². The van der Waals surface area contributed by atoms with Crippen molar-refractivity contribution in [1.29, 1.82) is 0 Å². The van der Waals surface area contributed by atoms with Gasteiger partial charge in [-0.15, -0.1) is 0 Å². The molecule has 0 radical (unpaired) electrons. The van der Waals surface area contributed by atoms with E-state index in [-0.39, 0.29) is 0 Å². The molecular formula is C10H12BrNO3. The maximum absolute atomic E-state index is 10.4. The fourth-order valence-corrected chi connectivity index (χ4v) is 1.15. The molecule has 2 N–H and O–H groups in total. The van der Waals surface area contributed by atoms with Gasteiger partial charge in [-0.1, -0.05) is 28.1 Å². The number of nitrogens with one attached hydrogen (secondary N) is 1. The van der Waals surface area contributed by atoms with E-state index in [1.165, 1.54) is 6.92 Å². The number of halogens is 1. The first kappa shape index (κ1) is 12.2. The Hall–Kier alpha value is -0.910. The third kappa shape index (κ3) is 4.42. The Labute approximate surface area is 96.3 Å². The van der Waals surface area contributed by atoms with Crippen LogP contribution in [0.15, 0.2) is 28.7 Å². The second-order valence-electron chi connectivity index (χ2n) is 3.09. The highest BCUT2D eigenvalue weighted by molar-refractivity contribution is 9.10. The van der Waals surface area contributed by atoms with Gasteiger partial charge in [-0.2, -0.15) is 5.48 Å². The standard InChI is InChI=1S/C10H12BrNO3/c1-7(10(13)14)12-15-6-8-2-4-9(11)5-3-8/h2-5,7,12H,6H2,1H3,(H,13,14)/t7-/m0/s1. The van der Waals surface area contributed by atoms with Gasteiger partial charge < -0.3 is 5.11 Å². The molecule has 0 aromatic heterocycles. The van der Waals surface area contributed by atoms with E-state index in [9.17, 15) is 4.79 Å². The SMILES string of the molecule is C[C@H](NOCc1ccc(Br)cc1)C(=O)O. The molecule has 1 atom stereocenters. The zero-order chi connectivity index (χ0) is 11.3. The number of hydroxylamine groups is 1. The Bertz CT molecular complexity index is 326. The van der Waals surface area contributed by atoms with Gasteiger partial charge in [-0.25, -0.2) is 0 Å². The molecule has 0 spiro atoms. The average molecular weight is 274 g/mol. The molecule has 0 bridgehead atoms. The van der Waals surface area contributed by atoms with Crippen molar-refractivity contribution in [3.05, 3.63) is 34.3 Å². The van der Waals surface area contributed by atoms with E-state index < -0.39 is 12.0 Å². The second kappa shape index (κ2) is 5.85. The van der Waals surface area contributed by atoms with E-state index in [0.717, 1.165) is 10.0 Å². The zero-order valence-corrected chi connectivity index (χ0v) is 9.82. The number of carboxylic acids is 1. The van der Waals surface area contributed by atoms with Crippen LogP contribution in [0.5, 0.6) is 0 Å². The van der Waals surface area contributed by atoms with Crippen LogP contribution >= 0.6 is 15.9 Å². The van der Waals surface area contributed by atoms with Crippen LogP contribution in [0.4, 0.5) is 0 Å². The number of hydrogen-bond acceptors (Lipinski definition) is 3. The molecule has 5 heteroatoms. The summed E-state index contributed by atoms with van der Waals surface area (Å²) in [5.41, 5.74) is 3.41. The average Bonchev–Trinajstić information content (AvgIpc) is 2.20. The van der Waals surface area contributed by atoms with Crippen molar-refractivity contribution in [3.8, 4) is 0 Å². The van der Waals surface area contributed by atoms with Crippen LogP contribution in [0.25, 0.3) is 0 Å². The molecule has 82 valence electrons. The summed E-state index contributed by atoms with van der Waals surface area (Å²) in [7, 11) is 0. The molecule has 0 amide bonds. The van der Waals surface area contributed by atoms with Gasteiger partial charge in [0.05, 0.1) is 6.61 Å². The Morgan fingerprint density at radius 1 is 1.53 bits per heavy atom. The molecule has 1 aromatic rings. The van der Waals surface area contributed by atoms with Crippen LogP contribution in [0.1, 0.15) is 12.5 Å². The zero-order valence-electron chi connectivity index (χ0n) is 8.24. The third-order valence-corrected chi connectivity index (χ3v) is 2.31. The molecular weight excluding hydrogens is 262 g/mol. The predicted molar refractivity (Wildman–Crippen MR) is 59.2 cm³/mol. The summed E-state index contributed by atoms with van der Waals surface area (Å²) in [6.07, 6.45) is 0. The van der Waals surface area contributed by atoms with Gasteiger partial charge in [0.25, 0.3) is 0 Å². The Morgan fingerprint density at radius 3 is 2.67 bits per heavy atom. The summed E-state index contributed by atoms with van der Waals surface area (Å²) in [5, 5.41) is 8.57. The molecule has 1 aromatic carbocycles. The summed E-state index contributed by atoms with van der Waals surface area (Å²) in [5.74, 6) is -0.939. The van der Waals surface area contributed by atoms with Crippen LogP contribution in [0.2, 0.25) is 0 Å². The van der Waals surface area contributed by atoms with Crippen molar-refractivity contribution in [2.24, 2.45) is 0 Å². The van der Waals surface area contributed by atoms with Crippen molar-refractivity contribution >= 4 is 21.9 Å². The quantitative estimate of drug-likeness (QED) is 0.806. The Morgan fingerprint density at radius 2 is 2.13 bits per heavy atom. The minimum absolute atomic E-state index is 0.338. The van der Waals surface area contributed by atoms with Gasteiger partial charge in [0.2, 0.25) is 0 Å². The summed E-state index contributed by atoms with van der Waals surface area (Å²) in [4.78, 5) is 15.5. The summed E-state index contributed by atoms with van der Waals surface area (Å²) in [6.45, 7) is 1.86. The molecule has 0 saturated carbocycles. The number of aliphatic carboxylic acids is 1. The Balaban J connectivity index is 2.32. The number of carboxylic acid groups (broad SMARTS) is 1. The first-order valence-electron chi connectivity index (χ1n) is 4.44. The number of carbonyl (C=O) groups is 1. The maximum atomic E-state index is 10.4. The molecule has 0 heterocycles. The molecule has 0 fully saturated rings. The van der Waals surface area contributed by atoms with E-state index >= 15 is 0 Å². The lowest BCUT2D eigenvalue weighted by Crippen LogP contribution is -2.33. The van der Waals surface area contributed by atoms with Gasteiger partial charge in [-0.3, -0.25) is 9.63 Å². The fraction of sp³-hybridized carbons (Fsp3) is 0.300. The smallest absolute Gasteiger partial charge is 0.322 e. The molecule has 0 aliphatic heterocycles. The summed E-state index contributed by atoms with van der Waals surface area (Å²) >= 11 is 3.32. The lowest BCUT2D eigenvalue weighted by molar-refractivity contribution is -0.143. The second-order valence-corrected chi connectivity index (χ2v) is 4.01. The van der Waals surface area contributed by atoms with Gasteiger partial charge in [0.1, 0.15) is 6.04 Å². The van der Waals surface area contributed by atoms with E-state index in [0.29, 0.717) is 6.61 Å². The van der Waals surface area contributed by atoms with Crippen LogP contribution < -0.4 is 5.48 Å². The normalized spacial score (nSPS) is 12.4. The lowest BCUT2D eigenvalue weighted by atomic mass is 10.2. The largest absolute Gasteiger partial charge is 0.480 e.